The summed E-state index contributed by atoms with van der Waals surface area (Å²) in [6.07, 6.45) is 1.02. The highest BCUT2D eigenvalue weighted by molar-refractivity contribution is 8.03. The van der Waals surface area contributed by atoms with Gasteiger partial charge in [0.15, 0.2) is 0 Å². The van der Waals surface area contributed by atoms with E-state index in [-0.39, 0.29) is 41.2 Å². The number of amides is 1. The second kappa shape index (κ2) is 10.1. The van der Waals surface area contributed by atoms with Crippen LogP contribution in [-0.4, -0.2) is 57.0 Å². The van der Waals surface area contributed by atoms with Gasteiger partial charge in [-0.3, -0.25) is 4.79 Å². The van der Waals surface area contributed by atoms with Gasteiger partial charge in [0.05, 0.1) is 18.1 Å². The number of carbonyl (C=O) groups excluding carboxylic acids is 1. The van der Waals surface area contributed by atoms with Crippen LogP contribution in [0.25, 0.3) is 10.8 Å². The molecule has 0 aliphatic carbocycles. The quantitative estimate of drug-likeness (QED) is 0.417. The first-order valence-corrected chi connectivity index (χ1v) is 12.8. The highest BCUT2D eigenvalue weighted by atomic mass is 35.5. The third-order valence-electron chi connectivity index (χ3n) is 7.58. The van der Waals surface area contributed by atoms with E-state index in [1.54, 1.807) is 18.7 Å². The third kappa shape index (κ3) is 4.36. The van der Waals surface area contributed by atoms with Gasteiger partial charge in [-0.1, -0.05) is 43.3 Å². The van der Waals surface area contributed by atoms with Crippen LogP contribution in [0.15, 0.2) is 47.0 Å². The Bertz CT molecular complexity index is 1190. The molecule has 0 radical (unpaired) electrons. The summed E-state index contributed by atoms with van der Waals surface area (Å²) in [7, 11) is 0. The first-order valence-electron chi connectivity index (χ1n) is 11.9. The summed E-state index contributed by atoms with van der Waals surface area (Å²) in [6, 6.07) is 12.7. The zero-order chi connectivity index (χ0) is 24.1. The summed E-state index contributed by atoms with van der Waals surface area (Å²) in [6.45, 7) is 4.88. The Morgan fingerprint density at radius 1 is 1.23 bits per heavy atom. The van der Waals surface area contributed by atoms with Gasteiger partial charge in [0, 0.05) is 35.2 Å². The van der Waals surface area contributed by atoms with Gasteiger partial charge in [-0.25, -0.2) is 4.79 Å². The number of hydrogen-bond acceptors (Lipinski definition) is 6. The molecular weight excluding hydrogens is 486 g/mol. The molecule has 2 aromatic rings. The highest BCUT2D eigenvalue weighted by Crippen LogP contribution is 2.51. The number of nitrogens with zero attached hydrogens (tertiary/aromatic N) is 1. The number of β-lactam (4-membered cyclic amide) rings is 1. The summed E-state index contributed by atoms with van der Waals surface area (Å²) in [4.78, 5) is 26.8. The van der Waals surface area contributed by atoms with E-state index in [0.717, 1.165) is 29.9 Å². The predicted molar refractivity (Wildman–Crippen MR) is 140 cm³/mol. The highest BCUT2D eigenvalue weighted by Gasteiger charge is 2.60. The lowest BCUT2D eigenvalue weighted by Gasteiger charge is -2.46. The lowest BCUT2D eigenvalue weighted by molar-refractivity contribution is -0.163. The lowest BCUT2D eigenvalue weighted by Crippen LogP contribution is -2.63. The Kier molecular flexibility index (Phi) is 7.50. The van der Waals surface area contributed by atoms with Crippen molar-refractivity contribution >= 4 is 46.8 Å². The van der Waals surface area contributed by atoms with E-state index in [9.17, 15) is 19.8 Å². The summed E-state index contributed by atoms with van der Waals surface area (Å²) in [5.41, 5.74) is 8.46. The largest absolute Gasteiger partial charge is 0.477 e. The molecule has 5 rings (SSSR count). The monoisotopic (exact) mass is 517 g/mol. The predicted octanol–water partition coefficient (Wildman–Crippen LogP) is 2.88. The van der Waals surface area contributed by atoms with Crippen molar-refractivity contribution in [1.29, 1.82) is 0 Å². The van der Waals surface area contributed by atoms with Crippen molar-refractivity contribution in [2.45, 2.75) is 56.7 Å². The Morgan fingerprint density at radius 3 is 2.51 bits per heavy atom. The minimum atomic E-state index is -1.07. The fraction of sp³-hybridized carbons (Fsp3) is 0.462. The number of nitrogens with two attached hydrogens (primary N) is 1. The maximum Gasteiger partial charge on any atom is 0.353 e. The summed E-state index contributed by atoms with van der Waals surface area (Å²) >= 11 is 1.59. The number of nitrogens with one attached hydrogen (secondary N) is 1. The number of benzene rings is 2. The molecule has 6 atom stereocenters. The van der Waals surface area contributed by atoms with Crippen LogP contribution in [0.1, 0.15) is 31.4 Å². The van der Waals surface area contributed by atoms with E-state index in [1.807, 2.05) is 13.0 Å². The number of rotatable bonds is 7. The number of carboxylic acids is 1. The van der Waals surface area contributed by atoms with Crippen LogP contribution in [0.5, 0.6) is 0 Å². The molecule has 1 amide bonds. The maximum atomic E-state index is 12.6. The molecule has 0 spiro atoms. The number of fused-ring (bicyclic) bond motifs is 2. The number of carbonyl (C=O) groups is 2. The molecule has 7 nitrogen and oxygen atoms in total. The van der Waals surface area contributed by atoms with Crippen molar-refractivity contribution in [3.05, 3.63) is 58.1 Å². The molecular formula is C26H32ClN3O4S. The van der Waals surface area contributed by atoms with E-state index < -0.39 is 18.0 Å². The molecule has 3 aliphatic heterocycles. The number of halogens is 1. The Balaban J connectivity index is 0.00000289. The van der Waals surface area contributed by atoms with E-state index >= 15 is 0 Å². The van der Waals surface area contributed by atoms with Crippen molar-refractivity contribution in [3.8, 4) is 0 Å². The zero-order valence-corrected chi connectivity index (χ0v) is 21.4. The fourth-order valence-corrected chi connectivity index (χ4v) is 7.45. The molecule has 3 heterocycles. The van der Waals surface area contributed by atoms with Crippen LogP contribution in [0.2, 0.25) is 0 Å². The van der Waals surface area contributed by atoms with Crippen LogP contribution in [0, 0.1) is 11.8 Å². The van der Waals surface area contributed by atoms with Gasteiger partial charge >= 0.3 is 5.97 Å². The molecule has 2 saturated heterocycles. The SMILES string of the molecule is CC(O)[C@@H]1C(=O)N2C(C(=O)O)=C(S[C@@H]3CNC(Cc4ccc(CN)c5ccccc45)C3)[C@H](C)[C@H]12.Cl. The first-order chi connectivity index (χ1) is 16.3. The number of aliphatic carboxylic acids is 1. The van der Waals surface area contributed by atoms with Crippen molar-refractivity contribution in [2.75, 3.05) is 6.54 Å². The Hall–Kier alpha value is -2.10. The van der Waals surface area contributed by atoms with Crippen LogP contribution in [0.4, 0.5) is 0 Å². The van der Waals surface area contributed by atoms with E-state index in [1.165, 1.54) is 21.2 Å². The number of hydrogen-bond donors (Lipinski definition) is 4. The summed E-state index contributed by atoms with van der Waals surface area (Å²) in [5, 5.41) is 26.2. The Morgan fingerprint density at radius 2 is 1.89 bits per heavy atom. The summed E-state index contributed by atoms with van der Waals surface area (Å²) in [5.74, 6) is -1.97. The van der Waals surface area contributed by atoms with E-state index in [2.05, 4.69) is 35.6 Å². The van der Waals surface area contributed by atoms with Gasteiger partial charge in [-0.15, -0.1) is 24.2 Å². The maximum absolute atomic E-state index is 12.6. The van der Waals surface area contributed by atoms with Crippen LogP contribution in [0.3, 0.4) is 0 Å². The molecule has 0 saturated carbocycles. The van der Waals surface area contributed by atoms with E-state index in [0.29, 0.717) is 12.6 Å². The minimum Gasteiger partial charge on any atom is -0.477 e. The zero-order valence-electron chi connectivity index (χ0n) is 19.8. The number of thioether (sulfide) groups is 1. The van der Waals surface area contributed by atoms with Crippen molar-refractivity contribution in [1.82, 2.24) is 10.2 Å². The molecule has 2 aromatic carbocycles. The van der Waals surface area contributed by atoms with Crippen LogP contribution < -0.4 is 11.1 Å². The minimum absolute atomic E-state index is 0. The average molecular weight is 518 g/mol. The van der Waals surface area contributed by atoms with Crippen molar-refractivity contribution in [3.63, 3.8) is 0 Å². The fourth-order valence-electron chi connectivity index (χ4n) is 5.93. The number of aliphatic hydroxyl groups is 1. The molecule has 35 heavy (non-hydrogen) atoms. The molecule has 9 heteroatoms. The standard InChI is InChI=1S/C26H31N3O4S.ClH/c1-13-22-21(14(2)30)25(31)29(22)23(26(32)33)24(13)34-18-10-17(28-12-18)9-15-7-8-16(11-27)20-6-4-3-5-19(15)20;/h3-8,13-14,17-18,21-22,28,30H,9-12,27H2,1-2H3,(H,32,33);1H/t13-,14?,17?,18+,21+,22-;/m1./s1. The van der Waals surface area contributed by atoms with Gasteiger partial charge in [0.25, 0.3) is 0 Å². The normalized spacial score (nSPS) is 28.6. The second-order valence-electron chi connectivity index (χ2n) is 9.69. The molecule has 0 aromatic heterocycles. The van der Waals surface area contributed by atoms with Gasteiger partial charge in [-0.05, 0) is 41.7 Å². The van der Waals surface area contributed by atoms with Gasteiger partial charge in [0.2, 0.25) is 5.91 Å². The van der Waals surface area contributed by atoms with E-state index in [4.69, 9.17) is 5.73 Å². The summed E-state index contributed by atoms with van der Waals surface area (Å²) < 4.78 is 0. The van der Waals surface area contributed by atoms with Crippen LogP contribution >= 0.6 is 24.2 Å². The smallest absolute Gasteiger partial charge is 0.353 e. The molecule has 188 valence electrons. The van der Waals surface area contributed by atoms with Gasteiger partial charge in [0.1, 0.15) is 5.70 Å². The molecule has 3 aliphatic rings. The van der Waals surface area contributed by atoms with Gasteiger partial charge in [-0.2, -0.15) is 0 Å². The molecule has 5 N–H and O–H groups in total. The average Bonchev–Trinajstić information content (AvgIpc) is 3.34. The second-order valence-corrected chi connectivity index (χ2v) is 11.0. The first kappa shape index (κ1) is 26.0. The van der Waals surface area contributed by atoms with Gasteiger partial charge < -0.3 is 26.2 Å². The molecule has 0 bridgehead atoms. The van der Waals surface area contributed by atoms with Crippen molar-refractivity contribution < 1.29 is 19.8 Å². The number of aliphatic hydroxyl groups excluding tert-OH is 1. The van der Waals surface area contributed by atoms with Crippen molar-refractivity contribution in [2.24, 2.45) is 17.6 Å². The lowest BCUT2D eigenvalue weighted by atomic mass is 9.79. The third-order valence-corrected chi connectivity index (χ3v) is 9.09. The number of carboxylic acid groups (broad SMARTS) is 1. The Labute approximate surface area is 215 Å². The topological polar surface area (TPSA) is 116 Å². The van der Waals surface area contributed by atoms with Crippen LogP contribution in [-0.2, 0) is 22.6 Å². The molecule has 2 unspecified atom stereocenters. The molecule has 2 fully saturated rings.